The van der Waals surface area contributed by atoms with Crippen molar-refractivity contribution in [3.63, 3.8) is 0 Å². The third-order valence-electron chi connectivity index (χ3n) is 1.34. The molecule has 0 aliphatic rings. The molecular weight excluding hydrogens is 231 g/mol. The lowest BCUT2D eigenvalue weighted by Crippen LogP contribution is -1.89. The van der Waals surface area contributed by atoms with Crippen molar-refractivity contribution >= 4 is 15.9 Å². The molecule has 1 aromatic rings. The molecule has 66 valence electrons. The molecule has 0 aliphatic carbocycles. The van der Waals surface area contributed by atoms with E-state index in [4.69, 9.17) is 10.2 Å². The number of phenolic OH excluding ortho intramolecular Hbond substituents is 2. The number of methoxy groups -OCH3 is 1. The van der Waals surface area contributed by atoms with Gasteiger partial charge in [-0.05, 0) is 22.0 Å². The summed E-state index contributed by atoms with van der Waals surface area (Å²) < 4.78 is 17.5. The minimum absolute atomic E-state index is 0.0818. The molecule has 0 aliphatic heterocycles. The van der Waals surface area contributed by atoms with E-state index in [1.165, 1.54) is 7.11 Å². The predicted molar refractivity (Wildman–Crippen MR) is 44.0 cm³/mol. The molecule has 0 atom stereocenters. The van der Waals surface area contributed by atoms with Crippen LogP contribution in [0.5, 0.6) is 17.2 Å². The molecule has 1 aromatic carbocycles. The number of hydrogen-bond donors (Lipinski definition) is 2. The summed E-state index contributed by atoms with van der Waals surface area (Å²) >= 11 is 2.85. The van der Waals surface area contributed by atoms with Gasteiger partial charge in [0.15, 0.2) is 11.6 Å². The van der Waals surface area contributed by atoms with Gasteiger partial charge in [0, 0.05) is 0 Å². The molecular formula is C7H6BrFO3. The van der Waals surface area contributed by atoms with Gasteiger partial charge in [-0.1, -0.05) is 0 Å². The normalized spacial score (nSPS) is 9.92. The van der Waals surface area contributed by atoms with Crippen molar-refractivity contribution < 1.29 is 19.3 Å². The Morgan fingerprint density at radius 2 is 2.00 bits per heavy atom. The van der Waals surface area contributed by atoms with E-state index in [9.17, 15) is 4.39 Å². The minimum atomic E-state index is -0.736. The maximum atomic E-state index is 12.9. The Bertz CT molecular complexity index is 314. The molecule has 0 saturated carbocycles. The van der Waals surface area contributed by atoms with Gasteiger partial charge in [0.1, 0.15) is 0 Å². The first-order valence-corrected chi connectivity index (χ1v) is 3.81. The molecule has 0 heterocycles. The summed E-state index contributed by atoms with van der Waals surface area (Å²) in [5, 5.41) is 18.2. The smallest absolute Gasteiger partial charge is 0.204 e. The number of benzene rings is 1. The van der Waals surface area contributed by atoms with Crippen molar-refractivity contribution in [1.29, 1.82) is 0 Å². The topological polar surface area (TPSA) is 49.7 Å². The molecule has 0 saturated heterocycles. The zero-order chi connectivity index (χ0) is 9.30. The Hall–Kier alpha value is -0.970. The van der Waals surface area contributed by atoms with Gasteiger partial charge >= 0.3 is 0 Å². The van der Waals surface area contributed by atoms with Crippen LogP contribution in [0.25, 0.3) is 0 Å². The standard InChI is InChI=1S/C7H6BrFO3/c1-12-7-4(9)2-3(8)5(10)6(7)11/h2,10-11H,1H3. The fourth-order valence-electron chi connectivity index (χ4n) is 0.773. The van der Waals surface area contributed by atoms with E-state index >= 15 is 0 Å². The lowest BCUT2D eigenvalue weighted by atomic mass is 10.3. The van der Waals surface area contributed by atoms with Crippen LogP contribution in [-0.4, -0.2) is 17.3 Å². The molecule has 0 radical (unpaired) electrons. The lowest BCUT2D eigenvalue weighted by molar-refractivity contribution is 0.332. The molecule has 0 amide bonds. The number of aromatic hydroxyl groups is 2. The van der Waals surface area contributed by atoms with Gasteiger partial charge in [0.2, 0.25) is 11.5 Å². The zero-order valence-electron chi connectivity index (χ0n) is 6.14. The van der Waals surface area contributed by atoms with Crippen LogP contribution in [0.1, 0.15) is 0 Å². The van der Waals surface area contributed by atoms with Crippen LogP contribution >= 0.6 is 15.9 Å². The Kier molecular flexibility index (Phi) is 2.42. The SMILES string of the molecule is COc1c(F)cc(Br)c(O)c1O. The molecule has 2 N–H and O–H groups in total. The summed E-state index contributed by atoms with van der Waals surface area (Å²) in [5.41, 5.74) is 0. The highest BCUT2D eigenvalue weighted by Crippen LogP contribution is 2.42. The lowest BCUT2D eigenvalue weighted by Gasteiger charge is -2.06. The van der Waals surface area contributed by atoms with E-state index in [-0.39, 0.29) is 10.2 Å². The maximum absolute atomic E-state index is 12.9. The van der Waals surface area contributed by atoms with Crippen LogP contribution in [0.15, 0.2) is 10.5 Å². The Labute approximate surface area is 76.5 Å². The molecule has 12 heavy (non-hydrogen) atoms. The molecule has 0 aromatic heterocycles. The number of hydrogen-bond acceptors (Lipinski definition) is 3. The average Bonchev–Trinajstić information content (AvgIpc) is 2.01. The third-order valence-corrected chi connectivity index (χ3v) is 1.94. The van der Waals surface area contributed by atoms with Crippen molar-refractivity contribution in [3.05, 3.63) is 16.4 Å². The number of rotatable bonds is 1. The molecule has 3 nitrogen and oxygen atoms in total. The molecule has 0 bridgehead atoms. The van der Waals surface area contributed by atoms with Gasteiger partial charge in [-0.15, -0.1) is 0 Å². The molecule has 1 rings (SSSR count). The number of phenols is 2. The molecule has 0 spiro atoms. The van der Waals surface area contributed by atoms with Gasteiger partial charge in [-0.3, -0.25) is 0 Å². The summed E-state index contributed by atoms with van der Waals surface area (Å²) in [4.78, 5) is 0. The fourth-order valence-corrected chi connectivity index (χ4v) is 1.16. The van der Waals surface area contributed by atoms with E-state index in [0.29, 0.717) is 0 Å². The number of ether oxygens (including phenoxy) is 1. The van der Waals surface area contributed by atoms with E-state index in [0.717, 1.165) is 6.07 Å². The predicted octanol–water partition coefficient (Wildman–Crippen LogP) is 2.01. The van der Waals surface area contributed by atoms with Crippen LogP contribution in [0.4, 0.5) is 4.39 Å². The second kappa shape index (κ2) is 3.18. The van der Waals surface area contributed by atoms with Crippen molar-refractivity contribution in [3.8, 4) is 17.2 Å². The summed E-state index contributed by atoms with van der Waals surface area (Å²) in [6, 6.07) is 1.01. The van der Waals surface area contributed by atoms with Crippen LogP contribution in [-0.2, 0) is 0 Å². The highest BCUT2D eigenvalue weighted by atomic mass is 79.9. The summed E-state index contributed by atoms with van der Waals surface area (Å²) in [7, 11) is 1.20. The van der Waals surface area contributed by atoms with E-state index in [1.54, 1.807) is 0 Å². The first-order chi connectivity index (χ1) is 5.57. The minimum Gasteiger partial charge on any atom is -0.503 e. The Morgan fingerprint density at radius 1 is 1.42 bits per heavy atom. The van der Waals surface area contributed by atoms with Crippen LogP contribution in [0.2, 0.25) is 0 Å². The third kappa shape index (κ3) is 1.32. The van der Waals surface area contributed by atoms with Crippen LogP contribution in [0.3, 0.4) is 0 Å². The monoisotopic (exact) mass is 236 g/mol. The van der Waals surface area contributed by atoms with Crippen molar-refractivity contribution in [2.24, 2.45) is 0 Å². The summed E-state index contributed by atoms with van der Waals surface area (Å²) in [6.07, 6.45) is 0. The van der Waals surface area contributed by atoms with E-state index < -0.39 is 17.3 Å². The second-order valence-electron chi connectivity index (χ2n) is 2.07. The van der Waals surface area contributed by atoms with E-state index in [1.807, 2.05) is 0 Å². The summed E-state index contributed by atoms with van der Waals surface area (Å²) in [6.45, 7) is 0. The summed E-state index contributed by atoms with van der Waals surface area (Å²) in [5.74, 6) is -2.15. The highest BCUT2D eigenvalue weighted by Gasteiger charge is 2.16. The quantitative estimate of drug-likeness (QED) is 0.734. The van der Waals surface area contributed by atoms with Crippen molar-refractivity contribution in [2.75, 3.05) is 7.11 Å². The number of halogens is 2. The first kappa shape index (κ1) is 9.12. The Morgan fingerprint density at radius 3 is 2.50 bits per heavy atom. The van der Waals surface area contributed by atoms with Gasteiger partial charge in [-0.2, -0.15) is 0 Å². The van der Waals surface area contributed by atoms with Gasteiger partial charge in [0.05, 0.1) is 11.6 Å². The Balaban J connectivity index is 3.40. The van der Waals surface area contributed by atoms with Gasteiger partial charge in [0.25, 0.3) is 0 Å². The van der Waals surface area contributed by atoms with Gasteiger partial charge in [-0.25, -0.2) is 4.39 Å². The molecule has 5 heteroatoms. The van der Waals surface area contributed by atoms with Crippen LogP contribution < -0.4 is 4.74 Å². The molecule has 0 unspecified atom stereocenters. The van der Waals surface area contributed by atoms with Crippen LogP contribution in [0, 0.1) is 5.82 Å². The van der Waals surface area contributed by atoms with Crippen molar-refractivity contribution in [1.82, 2.24) is 0 Å². The molecule has 0 fully saturated rings. The van der Waals surface area contributed by atoms with E-state index in [2.05, 4.69) is 20.7 Å². The highest BCUT2D eigenvalue weighted by molar-refractivity contribution is 9.10. The fraction of sp³-hybridized carbons (Fsp3) is 0.143. The maximum Gasteiger partial charge on any atom is 0.204 e. The second-order valence-corrected chi connectivity index (χ2v) is 2.93. The average molecular weight is 237 g/mol. The van der Waals surface area contributed by atoms with Crippen molar-refractivity contribution in [2.45, 2.75) is 0 Å². The zero-order valence-corrected chi connectivity index (χ0v) is 7.72. The largest absolute Gasteiger partial charge is 0.503 e. The van der Waals surface area contributed by atoms with Gasteiger partial charge < -0.3 is 14.9 Å². The first-order valence-electron chi connectivity index (χ1n) is 3.01.